The number of carboxylic acids is 1. The molecule has 0 unspecified atom stereocenters. The Morgan fingerprint density at radius 1 is 1.19 bits per heavy atom. The van der Waals surface area contributed by atoms with Gasteiger partial charge in [-0.2, -0.15) is 26.3 Å². The van der Waals surface area contributed by atoms with Crippen LogP contribution >= 0.6 is 0 Å². The van der Waals surface area contributed by atoms with E-state index in [9.17, 15) is 41.4 Å². The number of benzene rings is 1. The molecule has 1 aromatic carbocycles. The van der Waals surface area contributed by atoms with E-state index >= 15 is 0 Å². The van der Waals surface area contributed by atoms with Crippen molar-refractivity contribution in [2.75, 3.05) is 18.9 Å². The van der Waals surface area contributed by atoms with Gasteiger partial charge in [0.05, 0.1) is 25.1 Å². The SMILES string of the molecule is O=C(O)C(F)(F)F.[2H]C([2H])([2H])c1ccc([C@](O)(CO)C(F)(F)F)cc1-c1cnc(N)c(C(=O)N[C@H](C)CO)n1. The number of nitrogens with zero attached hydrogens (tertiary/aromatic N) is 2. The predicted molar refractivity (Wildman–Crippen MR) is 111 cm³/mol. The fourth-order valence-electron chi connectivity index (χ4n) is 2.39. The molecule has 10 nitrogen and oxygen atoms in total. The fourth-order valence-corrected chi connectivity index (χ4v) is 2.39. The standard InChI is InChI=1S/C18H21F3N4O4.C2HF3O2/c1-9-3-4-11(17(29,8-27)18(19,20)21)5-12(9)13-6-23-15(22)14(25-13)16(28)24-10(2)7-26;3-2(4,5)1(6)7/h3-6,10,26-27,29H,7-8H2,1-2H3,(H2,22,23)(H,24,28);(H,6,7)/t10-,17-;/m1./s1/i1D3;. The van der Waals surface area contributed by atoms with Crippen molar-refractivity contribution in [2.24, 2.45) is 0 Å². The minimum absolute atomic E-state index is 0.309. The lowest BCUT2D eigenvalue weighted by Gasteiger charge is -2.29. The van der Waals surface area contributed by atoms with Gasteiger partial charge in [-0.05, 0) is 31.0 Å². The number of aryl methyl sites for hydroxylation is 1. The molecule has 36 heavy (non-hydrogen) atoms. The quantitative estimate of drug-likeness (QED) is 0.302. The Bertz CT molecular complexity index is 1200. The molecule has 200 valence electrons. The summed E-state index contributed by atoms with van der Waals surface area (Å²) < 4.78 is 95.0. The second kappa shape index (κ2) is 11.5. The van der Waals surface area contributed by atoms with Crippen molar-refractivity contribution in [3.8, 4) is 11.3 Å². The Labute approximate surface area is 203 Å². The first-order valence-corrected chi connectivity index (χ1v) is 9.49. The van der Waals surface area contributed by atoms with Crippen LogP contribution in [0.2, 0.25) is 0 Å². The lowest BCUT2D eigenvalue weighted by Crippen LogP contribution is -2.45. The van der Waals surface area contributed by atoms with Crippen molar-refractivity contribution in [1.29, 1.82) is 0 Å². The maximum absolute atomic E-state index is 13.4. The number of aliphatic carboxylic acids is 1. The molecule has 0 bridgehead atoms. The van der Waals surface area contributed by atoms with Crippen molar-refractivity contribution >= 4 is 17.7 Å². The van der Waals surface area contributed by atoms with E-state index in [-0.39, 0.29) is 17.1 Å². The third-order valence-corrected chi connectivity index (χ3v) is 4.38. The number of alkyl halides is 6. The maximum atomic E-state index is 13.4. The molecular weight excluding hydrogens is 506 g/mol. The molecule has 16 heteroatoms. The van der Waals surface area contributed by atoms with Crippen LogP contribution < -0.4 is 11.1 Å². The average Bonchev–Trinajstić information content (AvgIpc) is 2.81. The Morgan fingerprint density at radius 2 is 1.78 bits per heavy atom. The Balaban J connectivity index is 0.000000956. The van der Waals surface area contributed by atoms with Crippen molar-refractivity contribution in [3.63, 3.8) is 0 Å². The topological polar surface area (TPSA) is 179 Å². The summed E-state index contributed by atoms with van der Waals surface area (Å²) in [5.74, 6) is -3.95. The number of aliphatic hydroxyl groups excluding tert-OH is 2. The smallest absolute Gasteiger partial charge is 0.475 e. The lowest BCUT2D eigenvalue weighted by atomic mass is 9.90. The molecule has 2 rings (SSSR count). The average molecular weight is 531 g/mol. The minimum Gasteiger partial charge on any atom is -0.475 e. The summed E-state index contributed by atoms with van der Waals surface area (Å²) in [7, 11) is 0. The number of rotatable bonds is 6. The van der Waals surface area contributed by atoms with Crippen LogP contribution in [0.3, 0.4) is 0 Å². The van der Waals surface area contributed by atoms with Crippen LogP contribution in [0, 0.1) is 6.85 Å². The van der Waals surface area contributed by atoms with E-state index in [4.69, 9.17) is 24.9 Å². The summed E-state index contributed by atoms with van der Waals surface area (Å²) in [5, 5.41) is 37.8. The first kappa shape index (κ1) is 25.6. The highest BCUT2D eigenvalue weighted by Gasteiger charge is 2.54. The zero-order chi connectivity index (χ0) is 30.6. The number of hydrogen-bond donors (Lipinski definition) is 6. The van der Waals surface area contributed by atoms with Gasteiger partial charge in [0.15, 0.2) is 11.5 Å². The number of aliphatic hydroxyl groups is 3. The van der Waals surface area contributed by atoms with Gasteiger partial charge >= 0.3 is 18.3 Å². The van der Waals surface area contributed by atoms with E-state index in [1.807, 2.05) is 0 Å². The summed E-state index contributed by atoms with van der Waals surface area (Å²) in [4.78, 5) is 29.0. The molecule has 0 aliphatic rings. The van der Waals surface area contributed by atoms with Gasteiger partial charge in [0, 0.05) is 15.7 Å². The van der Waals surface area contributed by atoms with Gasteiger partial charge in [-0.15, -0.1) is 0 Å². The van der Waals surface area contributed by atoms with Gasteiger partial charge in [-0.1, -0.05) is 12.1 Å². The van der Waals surface area contributed by atoms with E-state index in [0.29, 0.717) is 6.07 Å². The zero-order valence-corrected chi connectivity index (χ0v) is 18.1. The number of halogens is 6. The number of nitrogens with two attached hydrogens (primary N) is 1. The van der Waals surface area contributed by atoms with E-state index < -0.39 is 72.8 Å². The predicted octanol–water partition coefficient (Wildman–Crippen LogP) is 1.52. The monoisotopic (exact) mass is 531 g/mol. The van der Waals surface area contributed by atoms with Gasteiger partial charge in [0.2, 0.25) is 5.60 Å². The Kier molecular flexibility index (Phi) is 8.17. The van der Waals surface area contributed by atoms with E-state index in [2.05, 4.69) is 15.3 Å². The van der Waals surface area contributed by atoms with Crippen LogP contribution in [0.15, 0.2) is 24.4 Å². The Hall–Kier alpha value is -3.50. The minimum atomic E-state index is -5.28. The molecule has 0 saturated carbocycles. The van der Waals surface area contributed by atoms with Crippen LogP contribution in [-0.4, -0.2) is 73.9 Å². The first-order chi connectivity index (χ1) is 17.6. The number of carboxylic acid groups (broad SMARTS) is 1. The molecule has 0 saturated heterocycles. The molecule has 1 aromatic heterocycles. The number of carbonyl (C=O) groups is 2. The third kappa shape index (κ3) is 7.25. The van der Waals surface area contributed by atoms with Crippen LogP contribution in [0.4, 0.5) is 32.2 Å². The number of anilines is 1. The highest BCUT2D eigenvalue weighted by atomic mass is 19.4. The highest BCUT2D eigenvalue weighted by Crippen LogP contribution is 2.40. The highest BCUT2D eigenvalue weighted by molar-refractivity contribution is 5.97. The molecule has 1 heterocycles. The number of nitrogens with one attached hydrogen (secondary N) is 1. The number of carbonyl (C=O) groups excluding carboxylic acids is 1. The molecule has 0 aliphatic carbocycles. The Morgan fingerprint density at radius 3 is 2.22 bits per heavy atom. The molecule has 0 radical (unpaired) electrons. The van der Waals surface area contributed by atoms with Crippen molar-refractivity contribution in [1.82, 2.24) is 15.3 Å². The molecule has 0 aliphatic heterocycles. The van der Waals surface area contributed by atoms with Crippen LogP contribution in [-0.2, 0) is 10.4 Å². The van der Waals surface area contributed by atoms with Gasteiger partial charge in [0.1, 0.15) is 0 Å². The molecule has 2 atom stereocenters. The van der Waals surface area contributed by atoms with Gasteiger partial charge in [0.25, 0.3) is 5.91 Å². The van der Waals surface area contributed by atoms with Crippen molar-refractivity contribution in [3.05, 3.63) is 41.2 Å². The van der Waals surface area contributed by atoms with Crippen LogP contribution in [0.5, 0.6) is 0 Å². The van der Waals surface area contributed by atoms with E-state index in [1.54, 1.807) is 0 Å². The van der Waals surface area contributed by atoms with Crippen LogP contribution in [0.1, 0.15) is 32.7 Å². The first-order valence-electron chi connectivity index (χ1n) is 11.0. The van der Waals surface area contributed by atoms with Crippen LogP contribution in [0.25, 0.3) is 11.3 Å². The second-order valence-corrected chi connectivity index (χ2v) is 7.13. The van der Waals surface area contributed by atoms with Crippen molar-refractivity contribution in [2.45, 2.75) is 37.8 Å². The molecule has 0 fully saturated rings. The van der Waals surface area contributed by atoms with E-state index in [1.165, 1.54) is 6.92 Å². The molecule has 1 amide bonds. The van der Waals surface area contributed by atoms with Gasteiger partial charge in [-0.25, -0.2) is 14.8 Å². The lowest BCUT2D eigenvalue weighted by molar-refractivity contribution is -0.277. The largest absolute Gasteiger partial charge is 0.490 e. The normalized spacial score (nSPS) is 15.8. The number of nitrogen functional groups attached to an aromatic ring is 1. The molecule has 2 aromatic rings. The molecular formula is C20H22F6N4O6. The second-order valence-electron chi connectivity index (χ2n) is 7.13. The third-order valence-electron chi connectivity index (χ3n) is 4.38. The number of aromatic nitrogens is 2. The summed E-state index contributed by atoms with van der Waals surface area (Å²) in [5.41, 5.74) is -0.422. The van der Waals surface area contributed by atoms with E-state index in [0.717, 1.165) is 18.3 Å². The summed E-state index contributed by atoms with van der Waals surface area (Å²) in [6, 6.07) is 1.61. The number of amides is 1. The maximum Gasteiger partial charge on any atom is 0.490 e. The molecule has 7 N–H and O–H groups in total. The van der Waals surface area contributed by atoms with Gasteiger partial charge < -0.3 is 31.5 Å². The molecule has 0 spiro atoms. The van der Waals surface area contributed by atoms with Crippen molar-refractivity contribution < 1.29 is 60.5 Å². The zero-order valence-electron chi connectivity index (χ0n) is 21.1. The summed E-state index contributed by atoms with van der Waals surface area (Å²) in [6.07, 6.45) is -9.40. The summed E-state index contributed by atoms with van der Waals surface area (Å²) in [6.45, 7) is -3.45. The number of hydrogen-bond acceptors (Lipinski definition) is 8. The summed E-state index contributed by atoms with van der Waals surface area (Å²) >= 11 is 0. The van der Waals surface area contributed by atoms with Gasteiger partial charge in [-0.3, -0.25) is 4.79 Å². The fraction of sp³-hybridized carbons (Fsp3) is 0.400.